The first-order valence-corrected chi connectivity index (χ1v) is 11.0. The molecule has 1 aromatic heterocycles. The van der Waals surface area contributed by atoms with E-state index in [1.165, 1.54) is 5.56 Å². The molecule has 0 saturated heterocycles. The highest BCUT2D eigenvalue weighted by Gasteiger charge is 2.05. The first-order valence-electron chi connectivity index (χ1n) is 11.0. The topological polar surface area (TPSA) is 68.6 Å². The summed E-state index contributed by atoms with van der Waals surface area (Å²) in [4.78, 5) is 18.4. The third-order valence-corrected chi connectivity index (χ3v) is 5.33. The summed E-state index contributed by atoms with van der Waals surface area (Å²) >= 11 is 0. The van der Waals surface area contributed by atoms with Crippen LogP contribution in [0.25, 0.3) is 11.8 Å². The molecule has 1 amide bonds. The van der Waals surface area contributed by atoms with Crippen molar-refractivity contribution >= 4 is 12.0 Å². The summed E-state index contributed by atoms with van der Waals surface area (Å²) in [7, 11) is 5.41. The van der Waals surface area contributed by atoms with E-state index in [1.807, 2.05) is 59.3 Å². The number of benzene rings is 2. The van der Waals surface area contributed by atoms with Gasteiger partial charge in [-0.2, -0.15) is 0 Å². The van der Waals surface area contributed by atoms with E-state index in [9.17, 15) is 4.79 Å². The van der Waals surface area contributed by atoms with Crippen LogP contribution in [0, 0.1) is 0 Å². The lowest BCUT2D eigenvalue weighted by molar-refractivity contribution is -0.116. The van der Waals surface area contributed by atoms with Crippen molar-refractivity contribution in [3.8, 4) is 17.2 Å². The van der Waals surface area contributed by atoms with Crippen LogP contribution in [0.5, 0.6) is 11.5 Å². The lowest BCUT2D eigenvalue weighted by Crippen LogP contribution is -2.28. The van der Waals surface area contributed by atoms with Crippen LogP contribution >= 0.6 is 0 Å². The molecule has 33 heavy (non-hydrogen) atoms. The normalized spacial score (nSPS) is 11.2. The molecule has 0 aliphatic heterocycles. The summed E-state index contributed by atoms with van der Waals surface area (Å²) < 4.78 is 12.6. The predicted molar refractivity (Wildman–Crippen MR) is 131 cm³/mol. The molecule has 0 aliphatic rings. The summed E-state index contributed by atoms with van der Waals surface area (Å²) in [5.74, 6) is 1.52. The van der Waals surface area contributed by atoms with Crippen molar-refractivity contribution in [2.75, 3.05) is 40.9 Å². The molecule has 1 heterocycles. The van der Waals surface area contributed by atoms with Gasteiger partial charge in [0.1, 0.15) is 11.5 Å². The molecule has 7 nitrogen and oxygen atoms in total. The summed E-state index contributed by atoms with van der Waals surface area (Å²) in [5.41, 5.74) is 3.18. The van der Waals surface area contributed by atoms with Crippen LogP contribution in [0.3, 0.4) is 0 Å². The summed E-state index contributed by atoms with van der Waals surface area (Å²) in [6.45, 7) is 2.46. The molecule has 3 rings (SSSR count). The van der Waals surface area contributed by atoms with Crippen molar-refractivity contribution in [1.29, 1.82) is 0 Å². The van der Waals surface area contributed by atoms with E-state index in [-0.39, 0.29) is 5.91 Å². The second-order valence-corrected chi connectivity index (χ2v) is 7.81. The minimum atomic E-state index is -0.0835. The fourth-order valence-electron chi connectivity index (χ4n) is 3.40. The number of carbonyl (C=O) groups excluding carboxylic acids is 1. The zero-order valence-corrected chi connectivity index (χ0v) is 19.5. The van der Waals surface area contributed by atoms with E-state index >= 15 is 0 Å². The van der Waals surface area contributed by atoms with Gasteiger partial charge in [0.25, 0.3) is 0 Å². The zero-order valence-electron chi connectivity index (χ0n) is 19.5. The predicted octanol–water partition coefficient (Wildman–Crippen LogP) is 3.58. The quantitative estimate of drug-likeness (QED) is 0.339. The van der Waals surface area contributed by atoms with Crippen LogP contribution in [-0.4, -0.2) is 61.3 Å². The van der Waals surface area contributed by atoms with E-state index in [4.69, 9.17) is 9.47 Å². The lowest BCUT2D eigenvalue weighted by atomic mass is 10.1. The lowest BCUT2D eigenvalue weighted by Gasteiger charge is -2.17. The Morgan fingerprint density at radius 1 is 1.09 bits per heavy atom. The number of rotatable bonds is 12. The fraction of sp³-hybridized carbons (Fsp3) is 0.308. The maximum absolute atomic E-state index is 12.1. The Morgan fingerprint density at radius 2 is 1.82 bits per heavy atom. The Morgan fingerprint density at radius 3 is 2.45 bits per heavy atom. The molecule has 0 radical (unpaired) electrons. The summed E-state index contributed by atoms with van der Waals surface area (Å²) in [5, 5.41) is 2.95. The van der Waals surface area contributed by atoms with Crippen molar-refractivity contribution in [2.45, 2.75) is 12.8 Å². The number of hydrogen-bond acceptors (Lipinski definition) is 5. The van der Waals surface area contributed by atoms with E-state index < -0.39 is 0 Å². The summed E-state index contributed by atoms with van der Waals surface area (Å²) in [6, 6.07) is 13.9. The van der Waals surface area contributed by atoms with Gasteiger partial charge < -0.3 is 24.3 Å². The molecule has 2 aromatic carbocycles. The van der Waals surface area contributed by atoms with Gasteiger partial charge >= 0.3 is 0 Å². The third-order valence-electron chi connectivity index (χ3n) is 5.33. The first-order chi connectivity index (χ1) is 16.1. The van der Waals surface area contributed by atoms with Gasteiger partial charge in [-0.1, -0.05) is 12.1 Å². The number of nitrogens with zero attached hydrogens (tertiary/aromatic N) is 3. The molecular weight excluding hydrogens is 416 g/mol. The SMILES string of the molecule is COc1cc(CCN(C)CCCNC(=O)/C=C/c2ccc(-n3ccnc3)cc2)cc(OC)c1. The molecule has 1 N–H and O–H groups in total. The standard InChI is InChI=1S/C26H32N4O3/c1-29(15-11-22-17-24(32-2)19-25(18-22)33-3)14-4-12-28-26(31)10-7-21-5-8-23(9-6-21)30-16-13-27-20-30/h5-10,13,16-20H,4,11-12,14-15H2,1-3H3,(H,28,31)/b10-7+. The molecule has 0 aliphatic carbocycles. The van der Waals surface area contributed by atoms with E-state index in [0.717, 1.165) is 48.7 Å². The Bertz CT molecular complexity index is 1010. The molecule has 7 heteroatoms. The molecule has 3 aromatic rings. The van der Waals surface area contributed by atoms with Crippen molar-refractivity contribution in [2.24, 2.45) is 0 Å². The van der Waals surface area contributed by atoms with Gasteiger partial charge in [-0.3, -0.25) is 4.79 Å². The minimum Gasteiger partial charge on any atom is -0.497 e. The molecule has 0 atom stereocenters. The third kappa shape index (κ3) is 7.80. The number of ether oxygens (including phenoxy) is 2. The Kier molecular flexibility index (Phi) is 9.08. The number of hydrogen-bond donors (Lipinski definition) is 1. The Hall–Kier alpha value is -3.58. The molecule has 0 saturated carbocycles. The maximum atomic E-state index is 12.1. The number of carbonyl (C=O) groups is 1. The van der Waals surface area contributed by atoms with Crippen molar-refractivity contribution in [1.82, 2.24) is 19.8 Å². The van der Waals surface area contributed by atoms with Crippen molar-refractivity contribution in [3.63, 3.8) is 0 Å². The van der Waals surface area contributed by atoms with Crippen LogP contribution in [0.4, 0.5) is 0 Å². The van der Waals surface area contributed by atoms with Gasteiger partial charge in [0.05, 0.1) is 20.5 Å². The second kappa shape index (κ2) is 12.5. The number of methoxy groups -OCH3 is 2. The largest absolute Gasteiger partial charge is 0.497 e. The highest BCUT2D eigenvalue weighted by atomic mass is 16.5. The number of nitrogens with one attached hydrogen (secondary N) is 1. The second-order valence-electron chi connectivity index (χ2n) is 7.81. The van der Waals surface area contributed by atoms with Gasteiger partial charge in [-0.05, 0) is 67.9 Å². The van der Waals surface area contributed by atoms with Gasteiger partial charge in [0.2, 0.25) is 5.91 Å². The van der Waals surface area contributed by atoms with E-state index in [0.29, 0.717) is 6.54 Å². The smallest absolute Gasteiger partial charge is 0.243 e. The highest BCUT2D eigenvalue weighted by molar-refractivity contribution is 5.91. The van der Waals surface area contributed by atoms with E-state index in [2.05, 4.69) is 22.2 Å². The Balaban J connectivity index is 1.34. The van der Waals surface area contributed by atoms with Crippen LogP contribution in [0.1, 0.15) is 17.5 Å². The number of aromatic nitrogens is 2. The van der Waals surface area contributed by atoms with Crippen molar-refractivity contribution in [3.05, 3.63) is 78.4 Å². The van der Waals surface area contributed by atoms with Crippen LogP contribution in [-0.2, 0) is 11.2 Å². The molecule has 0 unspecified atom stereocenters. The van der Waals surface area contributed by atoms with Crippen LogP contribution < -0.4 is 14.8 Å². The van der Waals surface area contributed by atoms with Gasteiger partial charge in [-0.15, -0.1) is 0 Å². The average Bonchev–Trinajstić information content (AvgIpc) is 3.39. The van der Waals surface area contributed by atoms with Gasteiger partial charge in [0.15, 0.2) is 0 Å². The monoisotopic (exact) mass is 448 g/mol. The van der Waals surface area contributed by atoms with Crippen LogP contribution in [0.2, 0.25) is 0 Å². The number of imidazole rings is 1. The molecule has 0 fully saturated rings. The highest BCUT2D eigenvalue weighted by Crippen LogP contribution is 2.22. The minimum absolute atomic E-state index is 0.0835. The van der Waals surface area contributed by atoms with Crippen molar-refractivity contribution < 1.29 is 14.3 Å². The van der Waals surface area contributed by atoms with Crippen LogP contribution in [0.15, 0.2) is 67.3 Å². The fourth-order valence-corrected chi connectivity index (χ4v) is 3.40. The molecule has 0 spiro atoms. The summed E-state index contributed by atoms with van der Waals surface area (Å²) in [6.07, 6.45) is 10.6. The zero-order chi connectivity index (χ0) is 23.5. The van der Waals surface area contributed by atoms with Gasteiger partial charge in [0, 0.05) is 43.3 Å². The molecular formula is C26H32N4O3. The molecule has 0 bridgehead atoms. The maximum Gasteiger partial charge on any atom is 0.243 e. The van der Waals surface area contributed by atoms with E-state index in [1.54, 1.807) is 32.8 Å². The number of likely N-dealkylation sites (N-methyl/N-ethyl adjacent to an activating group) is 1. The molecule has 174 valence electrons. The average molecular weight is 449 g/mol. The number of amides is 1. The first kappa shape index (κ1) is 24.1. The van der Waals surface area contributed by atoms with Gasteiger partial charge in [-0.25, -0.2) is 4.98 Å². The Labute approximate surface area is 195 Å².